The molecule has 0 spiro atoms. The van der Waals surface area contributed by atoms with E-state index in [1.54, 1.807) is 0 Å². The van der Waals surface area contributed by atoms with Gasteiger partial charge in [0.25, 0.3) is 0 Å². The molecule has 2 atom stereocenters. The summed E-state index contributed by atoms with van der Waals surface area (Å²) in [6.07, 6.45) is 9.15. The normalized spacial score (nSPS) is 23.8. The van der Waals surface area contributed by atoms with E-state index in [-0.39, 0.29) is 18.0 Å². The Morgan fingerprint density at radius 3 is 2.83 bits per heavy atom. The van der Waals surface area contributed by atoms with Crippen molar-refractivity contribution in [2.45, 2.75) is 64.5 Å². The molecule has 3 rings (SSSR count). The van der Waals surface area contributed by atoms with Crippen molar-refractivity contribution < 1.29 is 4.79 Å². The molecule has 2 aliphatic rings. The van der Waals surface area contributed by atoms with Crippen LogP contribution in [0.2, 0.25) is 0 Å². The number of aryl methyl sites for hydroxylation is 2. The molecule has 2 unspecified atom stereocenters. The van der Waals surface area contributed by atoms with E-state index < -0.39 is 0 Å². The number of hydrogen-bond donors (Lipinski definition) is 3. The van der Waals surface area contributed by atoms with Gasteiger partial charge in [0.15, 0.2) is 0 Å². The van der Waals surface area contributed by atoms with E-state index >= 15 is 0 Å². The first-order chi connectivity index (χ1) is 11.6. The van der Waals surface area contributed by atoms with Gasteiger partial charge in [-0.1, -0.05) is 29.8 Å². The Labute approximate surface area is 145 Å². The molecule has 4 heteroatoms. The first-order valence-electron chi connectivity index (χ1n) is 9.17. The largest absolute Gasteiger partial charge is 0.354 e. The lowest BCUT2D eigenvalue weighted by molar-refractivity contribution is -0.122. The van der Waals surface area contributed by atoms with Gasteiger partial charge in [0.05, 0.1) is 0 Å². The van der Waals surface area contributed by atoms with E-state index in [0.29, 0.717) is 0 Å². The van der Waals surface area contributed by atoms with Crippen molar-refractivity contribution in [3.63, 3.8) is 0 Å². The lowest BCUT2D eigenvalue weighted by Crippen LogP contribution is -2.43. The standard InChI is InChI=1S/C20H29N3O/c1-14-8-9-17(12-15(14)2)18-13-19(23-22-18)20(24)21-11-10-16-6-4-3-5-7-16/h6,8-9,12,18-19,22-23H,3-5,7,10-11,13H2,1-2H3,(H,21,24). The molecular weight excluding hydrogens is 298 g/mol. The molecule has 0 radical (unpaired) electrons. The Hall–Kier alpha value is -1.65. The van der Waals surface area contributed by atoms with E-state index in [1.165, 1.54) is 47.9 Å². The van der Waals surface area contributed by atoms with E-state index in [1.807, 2.05) is 0 Å². The van der Waals surface area contributed by atoms with Gasteiger partial charge in [0.2, 0.25) is 5.91 Å². The number of benzene rings is 1. The third-order valence-corrected chi connectivity index (χ3v) is 5.28. The van der Waals surface area contributed by atoms with Crippen LogP contribution in [-0.2, 0) is 4.79 Å². The third kappa shape index (κ3) is 4.25. The zero-order valence-corrected chi connectivity index (χ0v) is 14.8. The highest BCUT2D eigenvalue weighted by Gasteiger charge is 2.29. The molecule has 1 fully saturated rings. The smallest absolute Gasteiger partial charge is 0.238 e. The minimum atomic E-state index is -0.156. The molecule has 0 bridgehead atoms. The Bertz CT molecular complexity index is 623. The van der Waals surface area contributed by atoms with Crippen molar-refractivity contribution >= 4 is 5.91 Å². The topological polar surface area (TPSA) is 53.2 Å². The second-order valence-corrected chi connectivity index (χ2v) is 7.12. The van der Waals surface area contributed by atoms with Gasteiger partial charge in [-0.05, 0) is 69.1 Å². The molecule has 130 valence electrons. The number of hydrogen-bond acceptors (Lipinski definition) is 3. The number of hydrazine groups is 1. The van der Waals surface area contributed by atoms with Gasteiger partial charge in [-0.2, -0.15) is 0 Å². The first kappa shape index (κ1) is 17.2. The Morgan fingerprint density at radius 2 is 2.08 bits per heavy atom. The van der Waals surface area contributed by atoms with Crippen LogP contribution in [0, 0.1) is 13.8 Å². The Balaban J connectivity index is 1.46. The number of carbonyl (C=O) groups excluding carboxylic acids is 1. The van der Waals surface area contributed by atoms with Gasteiger partial charge in [-0.15, -0.1) is 0 Å². The summed E-state index contributed by atoms with van der Waals surface area (Å²) in [6, 6.07) is 6.55. The average Bonchev–Trinajstić information content (AvgIpc) is 3.08. The summed E-state index contributed by atoms with van der Waals surface area (Å²) in [5.41, 5.74) is 11.8. The molecule has 1 aromatic rings. The molecular formula is C20H29N3O. The lowest BCUT2D eigenvalue weighted by Gasteiger charge is -2.14. The molecule has 4 nitrogen and oxygen atoms in total. The van der Waals surface area contributed by atoms with Gasteiger partial charge in [0.1, 0.15) is 6.04 Å². The molecule has 1 aromatic carbocycles. The number of rotatable bonds is 5. The number of amides is 1. The predicted molar refractivity (Wildman–Crippen MR) is 97.5 cm³/mol. The van der Waals surface area contributed by atoms with Crippen LogP contribution in [0.25, 0.3) is 0 Å². The second kappa shape index (κ2) is 7.95. The fraction of sp³-hybridized carbons (Fsp3) is 0.550. The van der Waals surface area contributed by atoms with Crippen molar-refractivity contribution in [3.8, 4) is 0 Å². The predicted octanol–water partition coefficient (Wildman–Crippen LogP) is 3.22. The molecule has 3 N–H and O–H groups in total. The van der Waals surface area contributed by atoms with Crippen LogP contribution in [-0.4, -0.2) is 18.5 Å². The van der Waals surface area contributed by atoms with Gasteiger partial charge in [-0.25, -0.2) is 10.9 Å². The van der Waals surface area contributed by atoms with Crippen LogP contribution in [0.5, 0.6) is 0 Å². The molecule has 1 aliphatic heterocycles. The van der Waals surface area contributed by atoms with E-state index in [2.05, 4.69) is 54.3 Å². The fourth-order valence-corrected chi connectivity index (χ4v) is 3.53. The average molecular weight is 327 g/mol. The number of allylic oxidation sites excluding steroid dienone is 1. The van der Waals surface area contributed by atoms with Gasteiger partial charge >= 0.3 is 0 Å². The summed E-state index contributed by atoms with van der Waals surface area (Å²) in [5, 5.41) is 3.08. The fourth-order valence-electron chi connectivity index (χ4n) is 3.53. The zero-order chi connectivity index (χ0) is 16.9. The van der Waals surface area contributed by atoms with Crippen LogP contribution in [0.3, 0.4) is 0 Å². The van der Waals surface area contributed by atoms with Gasteiger partial charge in [-0.3, -0.25) is 4.79 Å². The second-order valence-electron chi connectivity index (χ2n) is 7.12. The van der Waals surface area contributed by atoms with Gasteiger partial charge in [0, 0.05) is 12.6 Å². The first-order valence-corrected chi connectivity index (χ1v) is 9.17. The zero-order valence-electron chi connectivity index (χ0n) is 14.8. The summed E-state index contributed by atoms with van der Waals surface area (Å²) in [4.78, 5) is 12.4. The van der Waals surface area contributed by atoms with Crippen LogP contribution in [0.4, 0.5) is 0 Å². The van der Waals surface area contributed by atoms with Crippen LogP contribution in [0.1, 0.15) is 61.3 Å². The third-order valence-electron chi connectivity index (χ3n) is 5.28. The minimum Gasteiger partial charge on any atom is -0.354 e. The number of carbonyl (C=O) groups is 1. The summed E-state index contributed by atoms with van der Waals surface area (Å²) in [7, 11) is 0. The highest BCUT2D eigenvalue weighted by atomic mass is 16.2. The van der Waals surface area contributed by atoms with Gasteiger partial charge < -0.3 is 5.32 Å². The minimum absolute atomic E-state index is 0.102. The van der Waals surface area contributed by atoms with Crippen LogP contribution < -0.4 is 16.2 Å². The highest BCUT2D eigenvalue weighted by molar-refractivity contribution is 5.82. The maximum absolute atomic E-state index is 12.4. The van der Waals surface area contributed by atoms with Crippen molar-refractivity contribution in [3.05, 3.63) is 46.5 Å². The van der Waals surface area contributed by atoms with E-state index in [0.717, 1.165) is 19.4 Å². The summed E-state index contributed by atoms with van der Waals surface area (Å²) >= 11 is 0. The maximum Gasteiger partial charge on any atom is 0.238 e. The van der Waals surface area contributed by atoms with E-state index in [4.69, 9.17) is 0 Å². The van der Waals surface area contributed by atoms with E-state index in [9.17, 15) is 4.79 Å². The SMILES string of the molecule is Cc1ccc(C2CC(C(=O)NCCC3=CCCCC3)NN2)cc1C. The monoisotopic (exact) mass is 327 g/mol. The quantitative estimate of drug-likeness (QED) is 0.728. The van der Waals surface area contributed by atoms with Crippen LogP contribution >= 0.6 is 0 Å². The molecule has 1 heterocycles. The molecule has 24 heavy (non-hydrogen) atoms. The Morgan fingerprint density at radius 1 is 1.21 bits per heavy atom. The molecule has 0 aromatic heterocycles. The van der Waals surface area contributed by atoms with Crippen molar-refractivity contribution in [1.82, 2.24) is 16.2 Å². The maximum atomic E-state index is 12.4. The number of nitrogens with one attached hydrogen (secondary N) is 3. The Kier molecular flexibility index (Phi) is 5.69. The summed E-state index contributed by atoms with van der Waals surface area (Å²) in [5.74, 6) is 0.102. The lowest BCUT2D eigenvalue weighted by atomic mass is 9.97. The molecule has 1 aliphatic carbocycles. The van der Waals surface area contributed by atoms with Crippen LogP contribution in [0.15, 0.2) is 29.8 Å². The molecule has 1 amide bonds. The highest BCUT2D eigenvalue weighted by Crippen LogP contribution is 2.24. The molecule has 0 saturated carbocycles. The molecule has 1 saturated heterocycles. The van der Waals surface area contributed by atoms with Crippen molar-refractivity contribution in [2.75, 3.05) is 6.54 Å². The summed E-state index contributed by atoms with van der Waals surface area (Å²) < 4.78 is 0. The summed E-state index contributed by atoms with van der Waals surface area (Å²) in [6.45, 7) is 5.00. The van der Waals surface area contributed by atoms with Crippen molar-refractivity contribution in [1.29, 1.82) is 0 Å². The van der Waals surface area contributed by atoms with Crippen molar-refractivity contribution in [2.24, 2.45) is 0 Å².